The Morgan fingerprint density at radius 2 is 2.07 bits per heavy atom. The summed E-state index contributed by atoms with van der Waals surface area (Å²) >= 11 is 0. The van der Waals surface area contributed by atoms with Crippen molar-refractivity contribution < 1.29 is 23.8 Å². The Hall–Kier alpha value is -4.41. The third kappa shape index (κ3) is 4.22. The van der Waals surface area contributed by atoms with Gasteiger partial charge in [0.25, 0.3) is 5.54 Å². The quantitative estimate of drug-likeness (QED) is 0.435. The molecule has 6 atom stereocenters. The van der Waals surface area contributed by atoms with E-state index < -0.39 is 29.7 Å². The van der Waals surface area contributed by atoms with E-state index in [2.05, 4.69) is 25.5 Å². The van der Waals surface area contributed by atoms with Crippen molar-refractivity contribution in [3.05, 3.63) is 71.9 Å². The first-order valence-corrected chi connectivity index (χ1v) is 13.5. The van der Waals surface area contributed by atoms with Crippen LogP contribution >= 0.6 is 0 Å². The van der Waals surface area contributed by atoms with Crippen molar-refractivity contribution in [3.8, 4) is 11.1 Å². The molecule has 1 aromatic carbocycles. The second-order valence-corrected chi connectivity index (χ2v) is 11.1. The minimum Gasteiger partial charge on any atom is -0.442 e. The van der Waals surface area contributed by atoms with Gasteiger partial charge >= 0.3 is 6.09 Å². The Kier molecular flexibility index (Phi) is 5.98. The van der Waals surface area contributed by atoms with Crippen LogP contribution in [0.25, 0.3) is 16.0 Å². The molecule has 0 bridgehead atoms. The van der Waals surface area contributed by atoms with Crippen LogP contribution in [0.4, 0.5) is 14.9 Å². The minimum absolute atomic E-state index is 0.00162. The molecule has 2 N–H and O–H groups in total. The van der Waals surface area contributed by atoms with E-state index in [-0.39, 0.29) is 30.3 Å². The number of carbonyl (C=O) groups is 2. The van der Waals surface area contributed by atoms with Crippen molar-refractivity contribution in [2.24, 2.45) is 11.8 Å². The van der Waals surface area contributed by atoms with Gasteiger partial charge in [-0.15, -0.1) is 5.10 Å². The van der Waals surface area contributed by atoms with Crippen LogP contribution in [-0.2, 0) is 21.6 Å². The number of hydrogen-bond donors (Lipinski definition) is 2. The molecule has 5 heterocycles. The topological polar surface area (TPSA) is 130 Å². The molecule has 1 saturated carbocycles. The smallest absolute Gasteiger partial charge is 0.414 e. The maximum absolute atomic E-state index is 15.3. The van der Waals surface area contributed by atoms with Gasteiger partial charge in [-0.05, 0) is 30.7 Å². The summed E-state index contributed by atoms with van der Waals surface area (Å²) < 4.78 is 22.2. The molecule has 4 fully saturated rings. The predicted octanol–water partition coefficient (Wildman–Crippen LogP) is 1.43. The number of likely N-dealkylation sites (tertiary alicyclic amines) is 1. The van der Waals surface area contributed by atoms with Crippen LogP contribution in [0, 0.1) is 24.2 Å². The van der Waals surface area contributed by atoms with E-state index in [0.717, 1.165) is 0 Å². The number of nitrogens with one attached hydrogen (secondary N) is 1. The van der Waals surface area contributed by atoms with Crippen LogP contribution in [0.15, 0.2) is 48.9 Å². The first kappa shape index (κ1) is 25.6. The van der Waals surface area contributed by atoms with Gasteiger partial charge in [-0.25, -0.2) is 20.4 Å². The fourth-order valence-electron chi connectivity index (χ4n) is 6.57. The number of cyclic esters (lactones) is 1. The maximum atomic E-state index is 15.3. The van der Waals surface area contributed by atoms with Crippen LogP contribution < -0.4 is 10.2 Å². The van der Waals surface area contributed by atoms with Gasteiger partial charge in [0.1, 0.15) is 17.6 Å². The zero-order chi connectivity index (χ0) is 28.3. The van der Waals surface area contributed by atoms with Crippen molar-refractivity contribution in [2.45, 2.75) is 36.8 Å². The summed E-state index contributed by atoms with van der Waals surface area (Å²) in [6.07, 6.45) is 3.71. The van der Waals surface area contributed by atoms with Crippen molar-refractivity contribution in [2.75, 3.05) is 31.1 Å². The van der Waals surface area contributed by atoms with Crippen LogP contribution in [0.2, 0.25) is 0 Å². The van der Waals surface area contributed by atoms with Gasteiger partial charge in [0, 0.05) is 43.2 Å². The Morgan fingerprint density at radius 1 is 1.24 bits per heavy atom. The zero-order valence-corrected chi connectivity index (χ0v) is 21.9. The molecule has 2 amide bonds. The van der Waals surface area contributed by atoms with Gasteiger partial charge in [-0.2, -0.15) is 0 Å². The first-order valence-electron chi connectivity index (χ1n) is 13.5. The number of β-amino-alcohol motifs (C(OH)–C–C–N with tert-alkyl or cyclic N) is 1. The maximum Gasteiger partial charge on any atom is 0.414 e. The number of anilines is 1. The van der Waals surface area contributed by atoms with Gasteiger partial charge < -0.3 is 24.9 Å². The van der Waals surface area contributed by atoms with Crippen LogP contribution in [0.5, 0.6) is 0 Å². The average Bonchev–Trinajstić information content (AvgIpc) is 3.62. The molecular weight excluding hydrogens is 531 g/mol. The van der Waals surface area contributed by atoms with E-state index in [1.165, 1.54) is 11.0 Å². The van der Waals surface area contributed by atoms with E-state index in [9.17, 15) is 14.7 Å². The molecule has 12 nitrogen and oxygen atoms in total. The fourth-order valence-corrected chi connectivity index (χ4v) is 6.57. The Balaban J connectivity index is 1.02. The number of aromatic nitrogens is 4. The molecule has 4 aliphatic rings. The molecular formula is C28H27FN8O4. The molecule has 0 radical (unpaired) electrons. The highest BCUT2D eigenvalue weighted by molar-refractivity contribution is 5.90. The first-order chi connectivity index (χ1) is 19.9. The third-order valence-electron chi connectivity index (χ3n) is 8.73. The number of aliphatic hydroxyl groups excluding tert-OH is 1. The van der Waals surface area contributed by atoms with Gasteiger partial charge in [0.15, 0.2) is 0 Å². The monoisotopic (exact) mass is 558 g/mol. The number of ether oxygens (including phenoxy) is 1. The van der Waals surface area contributed by atoms with Crippen molar-refractivity contribution in [1.29, 1.82) is 0 Å². The second kappa shape index (κ2) is 9.60. The molecule has 3 aliphatic heterocycles. The SMILES string of the molecule is [C-]#[N+]C1(c2ccc(-c3ccc(N4C[C@H](Cn5ccnn5)OC4=O)cc3F)cn2)[C@@H]2CN(C(=O)[C@@H]3C[C@@H](O)CN3)C[C@@H]21. The van der Waals surface area contributed by atoms with Gasteiger partial charge in [0.05, 0.1) is 49.0 Å². The number of nitrogens with zero attached hydrogens (tertiary/aromatic N) is 7. The molecule has 7 rings (SSSR count). The number of rotatable bonds is 6. The van der Waals surface area contributed by atoms with Gasteiger partial charge in [-0.1, -0.05) is 11.3 Å². The lowest BCUT2D eigenvalue weighted by Gasteiger charge is -2.24. The lowest BCUT2D eigenvalue weighted by molar-refractivity contribution is -0.132. The standard InChI is InChI=1S/C28H27FN8O4/c1-30-28(21-14-35(15-22(21)28)26(39)24-9-18(38)11-31-24)25-5-2-16(10-32-25)20-4-3-17(8-23(20)29)37-13-19(41-27(37)40)12-36-7-6-33-34-36/h2-8,10,18-19,21-22,24,31,38H,9,11-15H2/t18-,19+,21-,22+,24+,28?/m1/s1. The summed E-state index contributed by atoms with van der Waals surface area (Å²) in [6, 6.07) is 7.73. The van der Waals surface area contributed by atoms with E-state index in [0.29, 0.717) is 55.1 Å². The number of amides is 2. The van der Waals surface area contributed by atoms with Crippen LogP contribution in [0.1, 0.15) is 12.1 Å². The van der Waals surface area contributed by atoms with E-state index in [4.69, 9.17) is 11.3 Å². The minimum atomic E-state index is -0.779. The number of benzene rings is 1. The second-order valence-electron chi connectivity index (χ2n) is 11.1. The summed E-state index contributed by atoms with van der Waals surface area (Å²) in [6.45, 7) is 9.94. The summed E-state index contributed by atoms with van der Waals surface area (Å²) in [7, 11) is 0. The molecule has 13 heteroatoms. The summed E-state index contributed by atoms with van der Waals surface area (Å²) in [5, 5.41) is 20.4. The molecule has 3 saturated heterocycles. The van der Waals surface area contributed by atoms with Crippen LogP contribution in [0.3, 0.4) is 0 Å². The summed E-state index contributed by atoms with van der Waals surface area (Å²) in [4.78, 5) is 37.0. The molecule has 2 aromatic heterocycles. The van der Waals surface area contributed by atoms with E-state index >= 15 is 4.39 Å². The highest BCUT2D eigenvalue weighted by Gasteiger charge is 2.78. The van der Waals surface area contributed by atoms with E-state index in [1.54, 1.807) is 52.4 Å². The summed E-state index contributed by atoms with van der Waals surface area (Å²) in [5.74, 6) is -0.535. The molecule has 3 aromatic rings. The van der Waals surface area contributed by atoms with Crippen molar-refractivity contribution in [3.63, 3.8) is 0 Å². The number of carbonyl (C=O) groups excluding carboxylic acids is 2. The highest BCUT2D eigenvalue weighted by atomic mass is 19.1. The van der Waals surface area contributed by atoms with Gasteiger partial charge in [-0.3, -0.25) is 14.7 Å². The number of piperidine rings is 1. The van der Waals surface area contributed by atoms with Gasteiger partial charge in [0.2, 0.25) is 5.91 Å². The average molecular weight is 559 g/mol. The molecule has 41 heavy (non-hydrogen) atoms. The molecule has 1 aliphatic carbocycles. The van der Waals surface area contributed by atoms with Crippen molar-refractivity contribution >= 4 is 17.7 Å². The number of hydrogen-bond acceptors (Lipinski definition) is 8. The number of aliphatic hydroxyl groups is 1. The highest BCUT2D eigenvalue weighted by Crippen LogP contribution is 2.64. The lowest BCUT2D eigenvalue weighted by Crippen LogP contribution is -2.44. The molecule has 1 unspecified atom stereocenters. The molecule has 210 valence electrons. The lowest BCUT2D eigenvalue weighted by atomic mass is 10.0. The number of halogens is 1. The third-order valence-corrected chi connectivity index (χ3v) is 8.73. The largest absolute Gasteiger partial charge is 0.442 e. The fraction of sp³-hybridized carbons (Fsp3) is 0.429. The number of pyridine rings is 1. The van der Waals surface area contributed by atoms with Crippen molar-refractivity contribution in [1.82, 2.24) is 30.2 Å². The van der Waals surface area contributed by atoms with Crippen LogP contribution in [-0.4, -0.2) is 86.4 Å². The molecule has 0 spiro atoms. The Labute approximate surface area is 234 Å². The predicted molar refractivity (Wildman–Crippen MR) is 142 cm³/mol. The van der Waals surface area contributed by atoms with E-state index in [1.807, 2.05) is 0 Å². The zero-order valence-electron chi connectivity index (χ0n) is 21.9. The Bertz CT molecular complexity index is 1530. The summed E-state index contributed by atoms with van der Waals surface area (Å²) in [5.41, 5.74) is 1.12. The number of fused-ring (bicyclic) bond motifs is 1. The normalized spacial score (nSPS) is 30.3. The Morgan fingerprint density at radius 3 is 2.71 bits per heavy atom.